The second kappa shape index (κ2) is 3.87. The van der Waals surface area contributed by atoms with Crippen molar-refractivity contribution < 1.29 is 9.21 Å². The van der Waals surface area contributed by atoms with E-state index < -0.39 is 0 Å². The standard InChI is InChI=1S/C7H11N3O2/c1-5-6(10-4-12-5)7(11)9-3-2-8/h4H,2-3,8H2,1H3,(H,9,11). The monoisotopic (exact) mass is 169 g/mol. The maximum absolute atomic E-state index is 11.2. The van der Waals surface area contributed by atoms with Gasteiger partial charge in [-0.2, -0.15) is 0 Å². The molecule has 66 valence electrons. The summed E-state index contributed by atoms with van der Waals surface area (Å²) < 4.78 is 4.86. The number of nitrogens with two attached hydrogens (primary N) is 1. The smallest absolute Gasteiger partial charge is 0.273 e. The number of nitrogens with zero attached hydrogens (tertiary/aromatic N) is 1. The summed E-state index contributed by atoms with van der Waals surface area (Å²) in [6.07, 6.45) is 1.24. The van der Waals surface area contributed by atoms with E-state index in [4.69, 9.17) is 10.2 Å². The molecule has 0 saturated heterocycles. The number of hydrogen-bond donors (Lipinski definition) is 2. The highest BCUT2D eigenvalue weighted by Gasteiger charge is 2.11. The zero-order valence-electron chi connectivity index (χ0n) is 6.83. The Morgan fingerprint density at radius 1 is 1.83 bits per heavy atom. The molecule has 5 heteroatoms. The van der Waals surface area contributed by atoms with Crippen molar-refractivity contribution in [2.45, 2.75) is 6.92 Å². The van der Waals surface area contributed by atoms with Crippen LogP contribution in [0.2, 0.25) is 0 Å². The van der Waals surface area contributed by atoms with Crippen molar-refractivity contribution in [3.8, 4) is 0 Å². The number of hydrogen-bond acceptors (Lipinski definition) is 4. The SMILES string of the molecule is Cc1ocnc1C(=O)NCCN. The second-order valence-corrected chi connectivity index (χ2v) is 2.30. The lowest BCUT2D eigenvalue weighted by Crippen LogP contribution is -2.29. The van der Waals surface area contributed by atoms with E-state index in [9.17, 15) is 4.79 Å². The van der Waals surface area contributed by atoms with Crippen LogP contribution >= 0.6 is 0 Å². The van der Waals surface area contributed by atoms with E-state index in [2.05, 4.69) is 10.3 Å². The van der Waals surface area contributed by atoms with Crippen molar-refractivity contribution in [2.24, 2.45) is 5.73 Å². The van der Waals surface area contributed by atoms with E-state index in [0.717, 1.165) is 0 Å². The van der Waals surface area contributed by atoms with Crippen LogP contribution in [-0.4, -0.2) is 24.0 Å². The molecule has 5 nitrogen and oxygen atoms in total. The van der Waals surface area contributed by atoms with Gasteiger partial charge in [-0.3, -0.25) is 4.79 Å². The van der Waals surface area contributed by atoms with Crippen molar-refractivity contribution in [1.29, 1.82) is 0 Å². The number of rotatable bonds is 3. The van der Waals surface area contributed by atoms with Gasteiger partial charge in [0.25, 0.3) is 5.91 Å². The predicted molar refractivity (Wildman–Crippen MR) is 42.6 cm³/mol. The molecule has 1 aromatic heterocycles. The Balaban J connectivity index is 2.59. The molecule has 0 unspecified atom stereocenters. The first kappa shape index (κ1) is 8.73. The summed E-state index contributed by atoms with van der Waals surface area (Å²) in [5.41, 5.74) is 5.53. The Labute approximate surface area is 70.0 Å². The third-order valence-electron chi connectivity index (χ3n) is 1.39. The van der Waals surface area contributed by atoms with Gasteiger partial charge in [0.05, 0.1) is 0 Å². The summed E-state index contributed by atoms with van der Waals surface area (Å²) in [4.78, 5) is 14.9. The number of carbonyl (C=O) groups is 1. The second-order valence-electron chi connectivity index (χ2n) is 2.30. The van der Waals surface area contributed by atoms with Gasteiger partial charge in [0, 0.05) is 13.1 Å². The van der Waals surface area contributed by atoms with E-state index in [-0.39, 0.29) is 5.91 Å². The fraction of sp³-hybridized carbons (Fsp3) is 0.429. The van der Waals surface area contributed by atoms with Crippen molar-refractivity contribution in [1.82, 2.24) is 10.3 Å². The summed E-state index contributed by atoms with van der Waals surface area (Å²) in [5.74, 6) is 0.274. The molecular formula is C7H11N3O2. The van der Waals surface area contributed by atoms with Gasteiger partial charge in [0.1, 0.15) is 5.76 Å². The van der Waals surface area contributed by atoms with E-state index in [1.807, 2.05) is 0 Å². The van der Waals surface area contributed by atoms with E-state index in [1.165, 1.54) is 6.39 Å². The molecular weight excluding hydrogens is 158 g/mol. The lowest BCUT2D eigenvalue weighted by atomic mass is 10.3. The van der Waals surface area contributed by atoms with Gasteiger partial charge >= 0.3 is 0 Å². The Hall–Kier alpha value is -1.36. The van der Waals surface area contributed by atoms with Gasteiger partial charge < -0.3 is 15.5 Å². The zero-order chi connectivity index (χ0) is 8.97. The van der Waals surface area contributed by atoms with Crippen LogP contribution in [0.25, 0.3) is 0 Å². The van der Waals surface area contributed by atoms with Gasteiger partial charge in [-0.05, 0) is 6.92 Å². The number of nitrogens with one attached hydrogen (secondary N) is 1. The van der Waals surface area contributed by atoms with Crippen molar-refractivity contribution >= 4 is 5.91 Å². The largest absolute Gasteiger partial charge is 0.448 e. The molecule has 12 heavy (non-hydrogen) atoms. The molecule has 1 amide bonds. The van der Waals surface area contributed by atoms with Crippen LogP contribution in [0.1, 0.15) is 16.2 Å². The minimum Gasteiger partial charge on any atom is -0.448 e. The molecule has 3 N–H and O–H groups in total. The van der Waals surface area contributed by atoms with E-state index in [1.54, 1.807) is 6.92 Å². The highest BCUT2D eigenvalue weighted by molar-refractivity contribution is 5.92. The predicted octanol–water partition coefficient (Wildman–Crippen LogP) is -0.328. The van der Waals surface area contributed by atoms with Crippen molar-refractivity contribution in [3.05, 3.63) is 17.8 Å². The maximum Gasteiger partial charge on any atom is 0.273 e. The molecule has 0 atom stereocenters. The normalized spacial score (nSPS) is 9.83. The molecule has 0 bridgehead atoms. The first-order valence-corrected chi connectivity index (χ1v) is 3.64. The Morgan fingerprint density at radius 3 is 3.08 bits per heavy atom. The van der Waals surface area contributed by atoms with Gasteiger partial charge in [-0.25, -0.2) is 4.98 Å². The van der Waals surface area contributed by atoms with Crippen LogP contribution in [0.3, 0.4) is 0 Å². The Kier molecular flexibility index (Phi) is 2.82. The number of aromatic nitrogens is 1. The highest BCUT2D eigenvalue weighted by atomic mass is 16.3. The average molecular weight is 169 g/mol. The Bertz CT molecular complexity index is 269. The molecule has 0 aliphatic carbocycles. The molecule has 1 aromatic rings. The third-order valence-corrected chi connectivity index (χ3v) is 1.39. The molecule has 0 saturated carbocycles. The van der Waals surface area contributed by atoms with Gasteiger partial charge in [0.2, 0.25) is 0 Å². The summed E-state index contributed by atoms with van der Waals surface area (Å²) in [7, 11) is 0. The average Bonchev–Trinajstić information content (AvgIpc) is 2.47. The minimum atomic E-state index is -0.244. The number of oxazole rings is 1. The Morgan fingerprint density at radius 2 is 2.58 bits per heavy atom. The highest BCUT2D eigenvalue weighted by Crippen LogP contribution is 2.02. The molecule has 0 aliphatic heterocycles. The quantitative estimate of drug-likeness (QED) is 0.649. The lowest BCUT2D eigenvalue weighted by Gasteiger charge is -1.99. The topological polar surface area (TPSA) is 81.2 Å². The van der Waals surface area contributed by atoms with Crippen LogP contribution in [-0.2, 0) is 0 Å². The molecule has 1 rings (SSSR count). The fourth-order valence-corrected chi connectivity index (χ4v) is 0.793. The lowest BCUT2D eigenvalue weighted by molar-refractivity contribution is 0.0949. The van der Waals surface area contributed by atoms with Crippen molar-refractivity contribution in [2.75, 3.05) is 13.1 Å². The fourth-order valence-electron chi connectivity index (χ4n) is 0.793. The molecule has 0 fully saturated rings. The first-order valence-electron chi connectivity index (χ1n) is 3.64. The molecule has 0 radical (unpaired) electrons. The number of carbonyl (C=O) groups excluding carboxylic acids is 1. The van der Waals surface area contributed by atoms with Gasteiger partial charge in [-0.15, -0.1) is 0 Å². The zero-order valence-corrected chi connectivity index (χ0v) is 6.83. The number of amides is 1. The van der Waals surface area contributed by atoms with Crippen LogP contribution in [0.4, 0.5) is 0 Å². The summed E-state index contributed by atoms with van der Waals surface area (Å²) >= 11 is 0. The minimum absolute atomic E-state index is 0.244. The van der Waals surface area contributed by atoms with Crippen LogP contribution in [0.15, 0.2) is 10.8 Å². The first-order chi connectivity index (χ1) is 5.75. The molecule has 0 aliphatic rings. The van der Waals surface area contributed by atoms with Crippen LogP contribution in [0.5, 0.6) is 0 Å². The molecule has 0 spiro atoms. The van der Waals surface area contributed by atoms with Crippen LogP contribution in [0, 0.1) is 6.92 Å². The maximum atomic E-state index is 11.2. The van der Waals surface area contributed by atoms with Crippen LogP contribution < -0.4 is 11.1 Å². The van der Waals surface area contributed by atoms with Gasteiger partial charge in [-0.1, -0.05) is 0 Å². The molecule has 0 aromatic carbocycles. The third kappa shape index (κ3) is 1.82. The van der Waals surface area contributed by atoms with E-state index >= 15 is 0 Å². The van der Waals surface area contributed by atoms with E-state index in [0.29, 0.717) is 24.5 Å². The summed E-state index contributed by atoms with van der Waals surface area (Å²) in [5, 5.41) is 2.59. The molecule has 1 heterocycles. The summed E-state index contributed by atoms with van der Waals surface area (Å²) in [6.45, 7) is 2.55. The number of aryl methyl sites for hydroxylation is 1. The summed E-state index contributed by atoms with van der Waals surface area (Å²) in [6, 6.07) is 0. The van der Waals surface area contributed by atoms with Gasteiger partial charge in [0.15, 0.2) is 12.1 Å². The van der Waals surface area contributed by atoms with Crippen molar-refractivity contribution in [3.63, 3.8) is 0 Å².